The van der Waals surface area contributed by atoms with E-state index in [1.165, 1.54) is 4.88 Å². The van der Waals surface area contributed by atoms with Crippen molar-refractivity contribution >= 4 is 11.3 Å². The SMILES string of the molecule is CCC(OC)c1nc(C)c(C(C)NC)s1. The fourth-order valence-electron chi connectivity index (χ4n) is 1.54. The number of thiazole rings is 1. The van der Waals surface area contributed by atoms with Crippen LogP contribution in [0.2, 0.25) is 0 Å². The predicted octanol–water partition coefficient (Wildman–Crippen LogP) is 2.83. The molecule has 0 aliphatic rings. The largest absolute Gasteiger partial charge is 0.374 e. The van der Waals surface area contributed by atoms with E-state index in [2.05, 4.69) is 31.1 Å². The molecule has 0 spiro atoms. The van der Waals surface area contributed by atoms with E-state index in [1.807, 2.05) is 7.05 Å². The van der Waals surface area contributed by atoms with Gasteiger partial charge in [0.2, 0.25) is 0 Å². The number of nitrogens with zero attached hydrogens (tertiary/aromatic N) is 1. The van der Waals surface area contributed by atoms with E-state index in [1.54, 1.807) is 18.4 Å². The number of methoxy groups -OCH3 is 1. The summed E-state index contributed by atoms with van der Waals surface area (Å²) in [4.78, 5) is 5.88. The van der Waals surface area contributed by atoms with Crippen LogP contribution in [-0.2, 0) is 4.74 Å². The molecular formula is C11H20N2OS. The summed E-state index contributed by atoms with van der Waals surface area (Å²) in [6.45, 7) is 6.33. The number of rotatable bonds is 5. The van der Waals surface area contributed by atoms with Crippen molar-refractivity contribution in [2.45, 2.75) is 39.3 Å². The quantitative estimate of drug-likeness (QED) is 0.841. The van der Waals surface area contributed by atoms with Gasteiger partial charge < -0.3 is 10.1 Å². The molecule has 0 bridgehead atoms. The first kappa shape index (κ1) is 12.6. The third-order valence-corrected chi connectivity index (χ3v) is 4.04. The highest BCUT2D eigenvalue weighted by atomic mass is 32.1. The summed E-state index contributed by atoms with van der Waals surface area (Å²) in [6.07, 6.45) is 1.11. The third kappa shape index (κ3) is 2.77. The summed E-state index contributed by atoms with van der Waals surface area (Å²) in [7, 11) is 3.71. The zero-order chi connectivity index (χ0) is 11.4. The maximum Gasteiger partial charge on any atom is 0.122 e. The lowest BCUT2D eigenvalue weighted by Crippen LogP contribution is -2.11. The van der Waals surface area contributed by atoms with Crippen LogP contribution >= 0.6 is 11.3 Å². The van der Waals surface area contributed by atoms with Crippen LogP contribution in [0.4, 0.5) is 0 Å². The molecule has 2 unspecified atom stereocenters. The number of hydrogen-bond donors (Lipinski definition) is 1. The Morgan fingerprint density at radius 3 is 2.67 bits per heavy atom. The number of aryl methyl sites for hydroxylation is 1. The maximum atomic E-state index is 5.39. The zero-order valence-corrected chi connectivity index (χ0v) is 10.9. The van der Waals surface area contributed by atoms with Gasteiger partial charge in [0, 0.05) is 18.0 Å². The van der Waals surface area contributed by atoms with Gasteiger partial charge in [-0.3, -0.25) is 0 Å². The molecule has 2 atom stereocenters. The Hall–Kier alpha value is -0.450. The van der Waals surface area contributed by atoms with Gasteiger partial charge >= 0.3 is 0 Å². The van der Waals surface area contributed by atoms with Crippen molar-refractivity contribution in [2.75, 3.05) is 14.2 Å². The standard InChI is InChI=1S/C11H20N2OS/c1-6-9(14-5)11-13-8(3)10(15-11)7(2)12-4/h7,9,12H,6H2,1-5H3. The summed E-state index contributed by atoms with van der Waals surface area (Å²) in [5.41, 5.74) is 1.12. The van der Waals surface area contributed by atoms with Gasteiger partial charge in [0.05, 0.1) is 5.69 Å². The molecule has 0 radical (unpaired) electrons. The van der Waals surface area contributed by atoms with E-state index in [0.717, 1.165) is 17.1 Å². The minimum absolute atomic E-state index is 0.145. The molecule has 86 valence electrons. The highest BCUT2D eigenvalue weighted by Crippen LogP contribution is 2.30. The Morgan fingerprint density at radius 2 is 2.20 bits per heavy atom. The van der Waals surface area contributed by atoms with Gasteiger partial charge in [0.1, 0.15) is 11.1 Å². The van der Waals surface area contributed by atoms with E-state index >= 15 is 0 Å². The molecule has 1 aromatic rings. The first-order valence-electron chi connectivity index (χ1n) is 5.31. The van der Waals surface area contributed by atoms with Crippen LogP contribution in [0.5, 0.6) is 0 Å². The first-order valence-corrected chi connectivity index (χ1v) is 6.12. The first-order chi connectivity index (χ1) is 7.13. The van der Waals surface area contributed by atoms with E-state index in [4.69, 9.17) is 4.74 Å². The predicted molar refractivity (Wildman–Crippen MR) is 64.4 cm³/mol. The zero-order valence-electron chi connectivity index (χ0n) is 10.1. The lowest BCUT2D eigenvalue weighted by molar-refractivity contribution is 0.0997. The van der Waals surface area contributed by atoms with Gasteiger partial charge in [-0.25, -0.2) is 4.98 Å². The van der Waals surface area contributed by atoms with E-state index < -0.39 is 0 Å². The smallest absolute Gasteiger partial charge is 0.122 e. The highest BCUT2D eigenvalue weighted by Gasteiger charge is 2.17. The molecule has 15 heavy (non-hydrogen) atoms. The Kier molecular flexibility index (Phi) is 4.70. The van der Waals surface area contributed by atoms with Gasteiger partial charge in [0.15, 0.2) is 0 Å². The van der Waals surface area contributed by atoms with Crippen molar-refractivity contribution in [3.05, 3.63) is 15.6 Å². The second kappa shape index (κ2) is 5.58. The molecule has 0 aromatic carbocycles. The average molecular weight is 228 g/mol. The van der Waals surface area contributed by atoms with Crippen LogP contribution < -0.4 is 5.32 Å². The van der Waals surface area contributed by atoms with Crippen LogP contribution in [0.1, 0.15) is 48.0 Å². The second-order valence-electron chi connectivity index (χ2n) is 3.64. The topological polar surface area (TPSA) is 34.1 Å². The van der Waals surface area contributed by atoms with Crippen LogP contribution in [0.25, 0.3) is 0 Å². The Labute approximate surface area is 95.9 Å². The minimum atomic E-state index is 0.145. The Balaban J connectivity index is 2.94. The molecule has 0 fully saturated rings. The van der Waals surface area contributed by atoms with Crippen molar-refractivity contribution < 1.29 is 4.74 Å². The van der Waals surface area contributed by atoms with Crippen LogP contribution in [0, 0.1) is 6.92 Å². The fraction of sp³-hybridized carbons (Fsp3) is 0.727. The molecule has 1 rings (SSSR count). The van der Waals surface area contributed by atoms with Gasteiger partial charge in [0.25, 0.3) is 0 Å². The molecule has 0 amide bonds. The second-order valence-corrected chi connectivity index (χ2v) is 4.71. The average Bonchev–Trinajstić information content (AvgIpc) is 2.61. The summed E-state index contributed by atoms with van der Waals surface area (Å²) in [5.74, 6) is 0. The maximum absolute atomic E-state index is 5.39. The summed E-state index contributed by atoms with van der Waals surface area (Å²) < 4.78 is 5.39. The Bertz CT molecular complexity index is 308. The minimum Gasteiger partial charge on any atom is -0.374 e. The van der Waals surface area contributed by atoms with E-state index in [0.29, 0.717) is 6.04 Å². The van der Waals surface area contributed by atoms with Gasteiger partial charge in [-0.1, -0.05) is 6.92 Å². The normalized spacial score (nSPS) is 15.3. The third-order valence-electron chi connectivity index (χ3n) is 2.61. The molecule has 0 aliphatic heterocycles. The molecule has 3 nitrogen and oxygen atoms in total. The highest BCUT2D eigenvalue weighted by molar-refractivity contribution is 7.11. The number of ether oxygens (including phenoxy) is 1. The van der Waals surface area contributed by atoms with E-state index in [9.17, 15) is 0 Å². The van der Waals surface area contributed by atoms with E-state index in [-0.39, 0.29) is 6.10 Å². The fourth-order valence-corrected chi connectivity index (χ4v) is 2.83. The number of hydrogen-bond acceptors (Lipinski definition) is 4. The number of aromatic nitrogens is 1. The molecule has 0 aliphatic carbocycles. The van der Waals surface area contributed by atoms with Crippen LogP contribution in [0.3, 0.4) is 0 Å². The molecule has 1 aromatic heterocycles. The molecule has 4 heteroatoms. The van der Waals surface area contributed by atoms with Gasteiger partial charge in [-0.15, -0.1) is 11.3 Å². The van der Waals surface area contributed by atoms with Crippen molar-refractivity contribution in [3.63, 3.8) is 0 Å². The van der Waals surface area contributed by atoms with Gasteiger partial charge in [-0.2, -0.15) is 0 Å². The molecule has 1 heterocycles. The van der Waals surface area contributed by atoms with Crippen molar-refractivity contribution in [3.8, 4) is 0 Å². The Morgan fingerprint density at radius 1 is 1.53 bits per heavy atom. The molecular weight excluding hydrogens is 208 g/mol. The number of nitrogens with one attached hydrogen (secondary N) is 1. The van der Waals surface area contributed by atoms with Crippen molar-refractivity contribution in [2.24, 2.45) is 0 Å². The summed E-state index contributed by atoms with van der Waals surface area (Å²) in [5, 5.41) is 4.33. The van der Waals surface area contributed by atoms with Gasteiger partial charge in [-0.05, 0) is 27.3 Å². The summed E-state index contributed by atoms with van der Waals surface area (Å²) in [6, 6.07) is 0.366. The summed E-state index contributed by atoms with van der Waals surface area (Å²) >= 11 is 1.75. The van der Waals surface area contributed by atoms with Crippen LogP contribution in [0.15, 0.2) is 0 Å². The molecule has 0 saturated carbocycles. The van der Waals surface area contributed by atoms with Crippen LogP contribution in [-0.4, -0.2) is 19.1 Å². The van der Waals surface area contributed by atoms with Crippen molar-refractivity contribution in [1.82, 2.24) is 10.3 Å². The van der Waals surface area contributed by atoms with Crippen molar-refractivity contribution in [1.29, 1.82) is 0 Å². The monoisotopic (exact) mass is 228 g/mol. The molecule has 0 saturated heterocycles. The lowest BCUT2D eigenvalue weighted by atomic mass is 10.2. The lowest BCUT2D eigenvalue weighted by Gasteiger charge is -2.09. The molecule has 1 N–H and O–H groups in total.